The van der Waals surface area contributed by atoms with Gasteiger partial charge in [-0.05, 0) is 18.9 Å². The van der Waals surface area contributed by atoms with E-state index in [1.54, 1.807) is 0 Å². The van der Waals surface area contributed by atoms with Crippen LogP contribution < -0.4 is 10.6 Å². The molecule has 0 bridgehead atoms. The zero-order valence-electron chi connectivity index (χ0n) is 12.0. The summed E-state index contributed by atoms with van der Waals surface area (Å²) < 4.78 is 0. The van der Waals surface area contributed by atoms with Crippen molar-refractivity contribution in [3.8, 4) is 0 Å². The van der Waals surface area contributed by atoms with E-state index in [2.05, 4.69) is 10.6 Å². The maximum absolute atomic E-state index is 12.0. The highest BCUT2D eigenvalue weighted by atomic mass is 35.5. The lowest BCUT2D eigenvalue weighted by molar-refractivity contribution is -0.384. The van der Waals surface area contributed by atoms with E-state index < -0.39 is 4.92 Å². The average Bonchev–Trinajstić information content (AvgIpc) is 2.96. The van der Waals surface area contributed by atoms with Gasteiger partial charge in [0.2, 0.25) is 5.91 Å². The molecule has 0 aliphatic heterocycles. The molecule has 3 N–H and O–H groups in total. The van der Waals surface area contributed by atoms with E-state index in [0.717, 1.165) is 25.7 Å². The predicted octanol–water partition coefficient (Wildman–Crippen LogP) is 2.08. The van der Waals surface area contributed by atoms with Crippen LogP contribution in [0.1, 0.15) is 25.7 Å². The molecular weight excluding hydrogens is 310 g/mol. The standard InChI is InChI=1S/C14H18ClN3O4/c15-11-7-10(18(21)22)3-4-12(11)17-13(20)8-16-14(9-19)5-1-2-6-14/h3-4,7,16,19H,1-2,5-6,8-9H2,(H,17,20). The fourth-order valence-electron chi connectivity index (χ4n) is 2.62. The van der Waals surface area contributed by atoms with E-state index in [-0.39, 0.29) is 35.3 Å². The van der Waals surface area contributed by atoms with Gasteiger partial charge in [-0.3, -0.25) is 14.9 Å². The number of halogens is 1. The van der Waals surface area contributed by atoms with Gasteiger partial charge in [0, 0.05) is 17.7 Å². The number of aliphatic hydroxyl groups is 1. The smallest absolute Gasteiger partial charge is 0.271 e. The molecule has 1 aliphatic rings. The van der Waals surface area contributed by atoms with E-state index in [0.29, 0.717) is 5.69 Å². The van der Waals surface area contributed by atoms with E-state index in [1.165, 1.54) is 18.2 Å². The van der Waals surface area contributed by atoms with Gasteiger partial charge >= 0.3 is 0 Å². The highest BCUT2D eigenvalue weighted by Gasteiger charge is 2.32. The molecule has 0 heterocycles. The topological polar surface area (TPSA) is 104 Å². The second-order valence-corrected chi connectivity index (χ2v) is 5.88. The first kappa shape index (κ1) is 16.7. The van der Waals surface area contributed by atoms with Gasteiger partial charge in [-0.2, -0.15) is 0 Å². The van der Waals surface area contributed by atoms with Crippen LogP contribution in [0.3, 0.4) is 0 Å². The molecule has 8 heteroatoms. The minimum Gasteiger partial charge on any atom is -0.394 e. The first-order valence-corrected chi connectivity index (χ1v) is 7.43. The zero-order chi connectivity index (χ0) is 16.2. The minimum absolute atomic E-state index is 0.00142. The average molecular weight is 328 g/mol. The van der Waals surface area contributed by atoms with Crippen LogP contribution >= 0.6 is 11.6 Å². The number of non-ortho nitro benzene ring substituents is 1. The molecule has 0 radical (unpaired) electrons. The number of carbonyl (C=O) groups is 1. The number of hydrogen-bond acceptors (Lipinski definition) is 5. The molecule has 1 amide bonds. The highest BCUT2D eigenvalue weighted by Crippen LogP contribution is 2.29. The van der Waals surface area contributed by atoms with Gasteiger partial charge in [0.15, 0.2) is 0 Å². The molecule has 120 valence electrons. The number of hydrogen-bond donors (Lipinski definition) is 3. The van der Waals surface area contributed by atoms with Crippen LogP contribution in [0.5, 0.6) is 0 Å². The molecule has 1 aliphatic carbocycles. The molecule has 22 heavy (non-hydrogen) atoms. The van der Waals surface area contributed by atoms with E-state index >= 15 is 0 Å². The SMILES string of the molecule is O=C(CNC1(CO)CCCC1)Nc1ccc([N+](=O)[O-])cc1Cl. The van der Waals surface area contributed by atoms with E-state index in [1.807, 2.05) is 0 Å². The lowest BCUT2D eigenvalue weighted by Gasteiger charge is -2.27. The van der Waals surface area contributed by atoms with Crippen molar-refractivity contribution < 1.29 is 14.8 Å². The number of amides is 1. The van der Waals surface area contributed by atoms with Gasteiger partial charge in [0.1, 0.15) is 0 Å². The first-order chi connectivity index (χ1) is 10.5. The Balaban J connectivity index is 1.93. The van der Waals surface area contributed by atoms with Crippen molar-refractivity contribution in [1.82, 2.24) is 5.32 Å². The van der Waals surface area contributed by atoms with Crippen LogP contribution in [0, 0.1) is 10.1 Å². The van der Waals surface area contributed by atoms with Crippen LogP contribution in [0.15, 0.2) is 18.2 Å². The molecule has 7 nitrogen and oxygen atoms in total. The Hall–Kier alpha value is -1.70. The van der Waals surface area contributed by atoms with Gasteiger partial charge in [-0.15, -0.1) is 0 Å². The van der Waals surface area contributed by atoms with Crippen LogP contribution in [0.4, 0.5) is 11.4 Å². The van der Waals surface area contributed by atoms with Crippen molar-refractivity contribution in [1.29, 1.82) is 0 Å². The number of carbonyl (C=O) groups excluding carboxylic acids is 1. The lowest BCUT2D eigenvalue weighted by Crippen LogP contribution is -2.49. The van der Waals surface area contributed by atoms with Crippen molar-refractivity contribution >= 4 is 28.9 Å². The van der Waals surface area contributed by atoms with Crippen molar-refractivity contribution in [3.63, 3.8) is 0 Å². The molecule has 1 saturated carbocycles. The lowest BCUT2D eigenvalue weighted by atomic mass is 9.99. The first-order valence-electron chi connectivity index (χ1n) is 7.05. The maximum atomic E-state index is 12.0. The molecule has 1 fully saturated rings. The zero-order valence-corrected chi connectivity index (χ0v) is 12.7. The number of benzene rings is 1. The summed E-state index contributed by atoms with van der Waals surface area (Å²) in [6, 6.07) is 3.87. The third kappa shape index (κ3) is 3.94. The molecule has 0 spiro atoms. The molecule has 0 unspecified atom stereocenters. The Morgan fingerprint density at radius 2 is 2.09 bits per heavy atom. The van der Waals surface area contributed by atoms with Crippen LogP contribution in [0.2, 0.25) is 5.02 Å². The number of nitrogens with zero attached hydrogens (tertiary/aromatic N) is 1. The fourth-order valence-corrected chi connectivity index (χ4v) is 2.85. The minimum atomic E-state index is -0.551. The van der Waals surface area contributed by atoms with E-state index in [4.69, 9.17) is 11.6 Å². The predicted molar refractivity (Wildman–Crippen MR) is 83.0 cm³/mol. The van der Waals surface area contributed by atoms with Crippen LogP contribution in [-0.2, 0) is 4.79 Å². The molecule has 1 aromatic rings. The maximum Gasteiger partial charge on any atom is 0.271 e. The third-order valence-electron chi connectivity index (χ3n) is 3.92. The number of anilines is 1. The van der Waals surface area contributed by atoms with Gasteiger partial charge in [0.05, 0.1) is 28.8 Å². The Morgan fingerprint density at radius 1 is 1.41 bits per heavy atom. The number of aliphatic hydroxyl groups excluding tert-OH is 1. The Morgan fingerprint density at radius 3 is 2.64 bits per heavy atom. The fraction of sp³-hybridized carbons (Fsp3) is 0.500. The monoisotopic (exact) mass is 327 g/mol. The molecule has 0 aromatic heterocycles. The van der Waals surface area contributed by atoms with Crippen LogP contribution in [0.25, 0.3) is 0 Å². The number of nitrogens with one attached hydrogen (secondary N) is 2. The Bertz CT molecular complexity index is 573. The summed E-state index contributed by atoms with van der Waals surface area (Å²) >= 11 is 5.92. The quantitative estimate of drug-likeness (QED) is 0.548. The van der Waals surface area contributed by atoms with Gasteiger partial charge in [-0.25, -0.2) is 0 Å². The number of nitro benzene ring substituents is 1. The summed E-state index contributed by atoms with van der Waals surface area (Å²) in [5.41, 5.74) is -0.189. The van der Waals surface area contributed by atoms with E-state index in [9.17, 15) is 20.0 Å². The third-order valence-corrected chi connectivity index (χ3v) is 4.24. The second-order valence-electron chi connectivity index (χ2n) is 5.47. The highest BCUT2D eigenvalue weighted by molar-refractivity contribution is 6.34. The summed E-state index contributed by atoms with van der Waals surface area (Å²) in [5.74, 6) is -0.310. The van der Waals surface area contributed by atoms with Gasteiger partial charge < -0.3 is 15.7 Å². The summed E-state index contributed by atoms with van der Waals surface area (Å²) in [6.07, 6.45) is 3.75. The van der Waals surface area contributed by atoms with Crippen LogP contribution in [-0.4, -0.2) is 34.6 Å². The normalized spacial score (nSPS) is 16.5. The summed E-state index contributed by atoms with van der Waals surface area (Å²) in [5, 5.41) is 25.9. The summed E-state index contributed by atoms with van der Waals surface area (Å²) in [6.45, 7) is 0.0481. The Labute approximate surface area is 132 Å². The van der Waals surface area contributed by atoms with Crippen molar-refractivity contribution in [2.24, 2.45) is 0 Å². The molecule has 2 rings (SSSR count). The summed E-state index contributed by atoms with van der Waals surface area (Å²) in [4.78, 5) is 22.0. The number of nitro groups is 1. The molecule has 0 saturated heterocycles. The molecule has 1 aromatic carbocycles. The molecular formula is C14H18ClN3O4. The number of rotatable bonds is 6. The largest absolute Gasteiger partial charge is 0.394 e. The summed E-state index contributed by atoms with van der Waals surface area (Å²) in [7, 11) is 0. The van der Waals surface area contributed by atoms with Crippen molar-refractivity contribution in [3.05, 3.63) is 33.3 Å². The van der Waals surface area contributed by atoms with Gasteiger partial charge in [-0.1, -0.05) is 24.4 Å². The molecule has 0 atom stereocenters. The van der Waals surface area contributed by atoms with Gasteiger partial charge in [0.25, 0.3) is 5.69 Å². The van der Waals surface area contributed by atoms with Crippen molar-refractivity contribution in [2.75, 3.05) is 18.5 Å². The Kier molecular flexibility index (Phi) is 5.33. The van der Waals surface area contributed by atoms with Crippen molar-refractivity contribution in [2.45, 2.75) is 31.2 Å². The second kappa shape index (κ2) is 7.04.